The monoisotopic (exact) mass is 382 g/mol. The Morgan fingerprint density at radius 1 is 1.22 bits per heavy atom. The highest BCUT2D eigenvalue weighted by molar-refractivity contribution is 7.18. The van der Waals surface area contributed by atoms with Crippen molar-refractivity contribution in [2.45, 2.75) is 19.4 Å². The van der Waals surface area contributed by atoms with Gasteiger partial charge in [0.15, 0.2) is 0 Å². The summed E-state index contributed by atoms with van der Waals surface area (Å²) in [5, 5.41) is 21.4. The Hall–Kier alpha value is -2.84. The van der Waals surface area contributed by atoms with Crippen LogP contribution in [0.5, 0.6) is 0 Å². The van der Waals surface area contributed by atoms with Crippen molar-refractivity contribution in [1.29, 1.82) is 0 Å². The van der Waals surface area contributed by atoms with Gasteiger partial charge in [-0.3, -0.25) is 5.10 Å². The third-order valence-corrected chi connectivity index (χ3v) is 5.30. The molecule has 27 heavy (non-hydrogen) atoms. The number of H-pyrrole nitrogens is 1. The Labute approximate surface area is 159 Å². The van der Waals surface area contributed by atoms with Gasteiger partial charge in [0, 0.05) is 29.2 Å². The highest BCUT2D eigenvalue weighted by Crippen LogP contribution is 2.29. The summed E-state index contributed by atoms with van der Waals surface area (Å²) in [6.07, 6.45) is 0.460. The highest BCUT2D eigenvalue weighted by Gasteiger charge is 2.12. The van der Waals surface area contributed by atoms with E-state index in [-0.39, 0.29) is 11.9 Å². The number of fused-ring (bicyclic) bond motifs is 1. The van der Waals surface area contributed by atoms with E-state index < -0.39 is 0 Å². The standard InChI is InChI=1S/C19H19FN6S/c1-11-15-9-13(6-7-17(15)24-23-11)18-25-26-19(27-18)22-10-14(21)8-12-4-2-3-5-16(12)20/h2-7,9,14H,8,10,21H2,1H3,(H,22,26)(H,23,24)/t14-/m0/s1. The number of aromatic amines is 1. The van der Waals surface area contributed by atoms with Crippen LogP contribution in [0.25, 0.3) is 21.5 Å². The van der Waals surface area contributed by atoms with Crippen LogP contribution in [-0.4, -0.2) is 33.0 Å². The zero-order valence-electron chi connectivity index (χ0n) is 14.7. The van der Waals surface area contributed by atoms with Gasteiger partial charge in [-0.25, -0.2) is 4.39 Å². The first-order valence-corrected chi connectivity index (χ1v) is 9.43. The summed E-state index contributed by atoms with van der Waals surface area (Å²) in [6, 6.07) is 12.5. The maximum absolute atomic E-state index is 13.7. The Bertz CT molecular complexity index is 1070. The van der Waals surface area contributed by atoms with Crippen molar-refractivity contribution in [1.82, 2.24) is 20.4 Å². The fraction of sp³-hybridized carbons (Fsp3) is 0.211. The van der Waals surface area contributed by atoms with Gasteiger partial charge in [-0.05, 0) is 43.2 Å². The van der Waals surface area contributed by atoms with Gasteiger partial charge in [0.1, 0.15) is 10.8 Å². The van der Waals surface area contributed by atoms with Gasteiger partial charge in [0.2, 0.25) is 5.13 Å². The second kappa shape index (κ2) is 7.42. The normalized spacial score (nSPS) is 12.4. The molecule has 2 heterocycles. The van der Waals surface area contributed by atoms with Crippen LogP contribution in [0.2, 0.25) is 0 Å². The molecule has 1 atom stereocenters. The molecule has 2 aromatic carbocycles. The summed E-state index contributed by atoms with van der Waals surface area (Å²) in [5.74, 6) is -0.226. The lowest BCUT2D eigenvalue weighted by molar-refractivity contribution is 0.591. The minimum Gasteiger partial charge on any atom is -0.359 e. The summed E-state index contributed by atoms with van der Waals surface area (Å²) < 4.78 is 13.7. The van der Waals surface area contributed by atoms with Gasteiger partial charge in [-0.1, -0.05) is 29.5 Å². The number of nitrogens with zero attached hydrogens (tertiary/aromatic N) is 3. The minimum absolute atomic E-state index is 0.223. The highest BCUT2D eigenvalue weighted by atomic mass is 32.1. The first-order valence-electron chi connectivity index (χ1n) is 8.61. The number of hydrogen-bond donors (Lipinski definition) is 3. The van der Waals surface area contributed by atoms with Crippen molar-refractivity contribution in [2.75, 3.05) is 11.9 Å². The number of rotatable bonds is 6. The summed E-state index contributed by atoms with van der Waals surface area (Å²) in [5.41, 5.74) is 9.69. The summed E-state index contributed by atoms with van der Waals surface area (Å²) in [6.45, 7) is 2.48. The summed E-state index contributed by atoms with van der Waals surface area (Å²) in [4.78, 5) is 0. The van der Waals surface area contributed by atoms with E-state index in [1.54, 1.807) is 12.1 Å². The van der Waals surface area contributed by atoms with Gasteiger partial charge < -0.3 is 11.1 Å². The maximum atomic E-state index is 13.7. The molecular weight excluding hydrogens is 363 g/mol. The molecule has 0 amide bonds. The number of nitrogens with one attached hydrogen (secondary N) is 2. The average molecular weight is 382 g/mol. The first kappa shape index (κ1) is 17.6. The Kier molecular flexibility index (Phi) is 4.83. The molecule has 2 aromatic heterocycles. The number of nitrogens with two attached hydrogens (primary N) is 1. The van der Waals surface area contributed by atoms with Crippen molar-refractivity contribution >= 4 is 27.4 Å². The SMILES string of the molecule is Cc1[nH]nc2ccc(-c3nnc(NC[C@@H](N)Cc4ccccc4F)s3)cc12. The van der Waals surface area contributed by atoms with Crippen LogP contribution in [0.3, 0.4) is 0 Å². The molecule has 8 heteroatoms. The van der Waals surface area contributed by atoms with Crippen molar-refractivity contribution in [2.24, 2.45) is 5.73 Å². The lowest BCUT2D eigenvalue weighted by Gasteiger charge is -2.12. The number of aromatic nitrogens is 4. The van der Waals surface area contributed by atoms with Crippen molar-refractivity contribution in [3.8, 4) is 10.6 Å². The van der Waals surface area contributed by atoms with E-state index in [1.807, 2.05) is 25.1 Å². The summed E-state index contributed by atoms with van der Waals surface area (Å²) >= 11 is 1.46. The molecule has 0 aliphatic carbocycles. The van der Waals surface area contributed by atoms with E-state index in [2.05, 4.69) is 31.8 Å². The van der Waals surface area contributed by atoms with Crippen LogP contribution in [0.4, 0.5) is 9.52 Å². The molecule has 0 fully saturated rings. The number of benzene rings is 2. The van der Waals surface area contributed by atoms with E-state index >= 15 is 0 Å². The van der Waals surface area contributed by atoms with Gasteiger partial charge in [0.25, 0.3) is 0 Å². The molecule has 4 N–H and O–H groups in total. The minimum atomic E-state index is -0.226. The smallest absolute Gasteiger partial charge is 0.206 e. The largest absolute Gasteiger partial charge is 0.359 e. The zero-order chi connectivity index (χ0) is 18.8. The van der Waals surface area contributed by atoms with Crippen molar-refractivity contribution < 1.29 is 4.39 Å². The second-order valence-corrected chi connectivity index (χ2v) is 7.41. The van der Waals surface area contributed by atoms with E-state index in [4.69, 9.17) is 5.73 Å². The van der Waals surface area contributed by atoms with Crippen molar-refractivity contribution in [3.05, 3.63) is 59.5 Å². The van der Waals surface area contributed by atoms with E-state index in [0.717, 1.165) is 27.2 Å². The molecule has 0 radical (unpaired) electrons. The maximum Gasteiger partial charge on any atom is 0.206 e. The number of anilines is 1. The topological polar surface area (TPSA) is 92.5 Å². The molecule has 0 spiro atoms. The van der Waals surface area contributed by atoms with Crippen molar-refractivity contribution in [3.63, 3.8) is 0 Å². The molecule has 0 saturated heterocycles. The fourth-order valence-corrected chi connectivity index (χ4v) is 3.67. The number of aryl methyl sites for hydroxylation is 1. The molecule has 4 rings (SSSR count). The third-order valence-electron chi connectivity index (χ3n) is 4.37. The predicted octanol–water partition coefficient (Wildman–Crippen LogP) is 3.51. The van der Waals surface area contributed by atoms with E-state index in [1.165, 1.54) is 17.4 Å². The van der Waals surface area contributed by atoms with Gasteiger partial charge in [-0.2, -0.15) is 5.10 Å². The van der Waals surface area contributed by atoms with Crippen LogP contribution < -0.4 is 11.1 Å². The van der Waals surface area contributed by atoms with E-state index in [9.17, 15) is 4.39 Å². The van der Waals surface area contributed by atoms with Gasteiger partial charge >= 0.3 is 0 Å². The average Bonchev–Trinajstić information content (AvgIpc) is 3.29. The van der Waals surface area contributed by atoms with Crippen LogP contribution in [-0.2, 0) is 6.42 Å². The first-order chi connectivity index (χ1) is 13.1. The molecule has 0 saturated carbocycles. The summed E-state index contributed by atoms with van der Waals surface area (Å²) in [7, 11) is 0. The molecule has 138 valence electrons. The van der Waals surface area contributed by atoms with E-state index in [0.29, 0.717) is 23.7 Å². The number of halogens is 1. The van der Waals surface area contributed by atoms with Crippen LogP contribution >= 0.6 is 11.3 Å². The molecule has 0 bridgehead atoms. The van der Waals surface area contributed by atoms with Gasteiger partial charge in [0.05, 0.1) is 5.52 Å². The molecular formula is C19H19FN6S. The lowest BCUT2D eigenvalue weighted by Crippen LogP contribution is -2.31. The quantitative estimate of drug-likeness (QED) is 0.475. The predicted molar refractivity (Wildman–Crippen MR) is 106 cm³/mol. The molecule has 0 unspecified atom stereocenters. The Morgan fingerprint density at radius 2 is 2.07 bits per heavy atom. The van der Waals surface area contributed by atoms with Gasteiger partial charge in [-0.15, -0.1) is 10.2 Å². The molecule has 4 aromatic rings. The Balaban J connectivity index is 1.41. The molecule has 0 aliphatic heterocycles. The third kappa shape index (κ3) is 3.81. The second-order valence-electron chi connectivity index (χ2n) is 6.43. The Morgan fingerprint density at radius 3 is 2.93 bits per heavy atom. The van der Waals surface area contributed by atoms with Crippen LogP contribution in [0, 0.1) is 12.7 Å². The number of hydrogen-bond acceptors (Lipinski definition) is 6. The fourth-order valence-electron chi connectivity index (χ4n) is 2.92. The van der Waals surface area contributed by atoms with Crippen LogP contribution in [0.15, 0.2) is 42.5 Å². The lowest BCUT2D eigenvalue weighted by atomic mass is 10.1. The molecule has 6 nitrogen and oxygen atoms in total. The zero-order valence-corrected chi connectivity index (χ0v) is 15.6. The molecule has 0 aliphatic rings. The van der Waals surface area contributed by atoms with Crippen LogP contribution in [0.1, 0.15) is 11.3 Å².